The van der Waals surface area contributed by atoms with E-state index in [1.807, 2.05) is 0 Å². The van der Waals surface area contributed by atoms with Crippen LogP contribution in [0.25, 0.3) is 0 Å². The van der Waals surface area contributed by atoms with Gasteiger partial charge in [0.1, 0.15) is 5.69 Å². The number of primary amides is 1. The number of likely N-dealkylation sites (tertiary alicyclic amines) is 1. The van der Waals surface area contributed by atoms with Gasteiger partial charge in [0.25, 0.3) is 5.91 Å². The lowest BCUT2D eigenvalue weighted by Gasteiger charge is -2.16. The molecule has 1 fully saturated rings. The quantitative estimate of drug-likeness (QED) is 0.709. The van der Waals surface area contributed by atoms with E-state index in [4.69, 9.17) is 5.73 Å². The number of carbonyl (C=O) groups is 1. The summed E-state index contributed by atoms with van der Waals surface area (Å²) in [6.45, 7) is 1.09. The molecule has 1 saturated heterocycles. The van der Waals surface area contributed by atoms with Crippen molar-refractivity contribution in [1.29, 1.82) is 0 Å². The molecule has 76 valence electrons. The Hall–Kier alpha value is -1.36. The van der Waals surface area contributed by atoms with E-state index >= 15 is 0 Å². The van der Waals surface area contributed by atoms with Crippen LogP contribution >= 0.6 is 0 Å². The molecule has 0 bridgehead atoms. The van der Waals surface area contributed by atoms with Crippen LogP contribution in [0.1, 0.15) is 35.1 Å². The van der Waals surface area contributed by atoms with Crippen molar-refractivity contribution in [3.63, 3.8) is 0 Å². The van der Waals surface area contributed by atoms with Crippen LogP contribution in [0.3, 0.4) is 0 Å². The Morgan fingerprint density at radius 3 is 3.07 bits per heavy atom. The van der Waals surface area contributed by atoms with Gasteiger partial charge in [-0.1, -0.05) is 0 Å². The molecule has 1 aromatic heterocycles. The molecule has 5 nitrogen and oxygen atoms in total. The third-order valence-electron chi connectivity index (χ3n) is 2.73. The van der Waals surface area contributed by atoms with Crippen molar-refractivity contribution in [1.82, 2.24) is 15.1 Å². The van der Waals surface area contributed by atoms with Gasteiger partial charge >= 0.3 is 0 Å². The van der Waals surface area contributed by atoms with Crippen LogP contribution < -0.4 is 5.73 Å². The molecule has 14 heavy (non-hydrogen) atoms. The van der Waals surface area contributed by atoms with E-state index in [1.165, 1.54) is 6.42 Å². The molecule has 2 rings (SSSR count). The Bertz CT molecular complexity index is 346. The number of aromatic amines is 1. The number of nitrogens with two attached hydrogens (primary N) is 1. The maximum absolute atomic E-state index is 10.8. The van der Waals surface area contributed by atoms with Crippen molar-refractivity contribution < 1.29 is 4.79 Å². The van der Waals surface area contributed by atoms with Crippen LogP contribution in [0, 0.1) is 0 Å². The van der Waals surface area contributed by atoms with Gasteiger partial charge < -0.3 is 5.73 Å². The Morgan fingerprint density at radius 1 is 1.79 bits per heavy atom. The predicted octanol–water partition coefficient (Wildman–Crippen LogP) is 0.275. The van der Waals surface area contributed by atoms with E-state index in [2.05, 4.69) is 22.1 Å². The zero-order valence-electron chi connectivity index (χ0n) is 8.16. The highest BCUT2D eigenvalue weighted by Crippen LogP contribution is 2.28. The fourth-order valence-electron chi connectivity index (χ4n) is 1.94. The third kappa shape index (κ3) is 1.50. The van der Waals surface area contributed by atoms with Gasteiger partial charge in [-0.25, -0.2) is 0 Å². The van der Waals surface area contributed by atoms with Gasteiger partial charge in [-0.3, -0.25) is 14.8 Å². The maximum atomic E-state index is 10.8. The fraction of sp³-hybridized carbons (Fsp3) is 0.556. The molecule has 1 atom stereocenters. The first-order valence-electron chi connectivity index (χ1n) is 4.74. The van der Waals surface area contributed by atoms with Gasteiger partial charge in [0, 0.05) is 0 Å². The largest absolute Gasteiger partial charge is 0.364 e. The lowest BCUT2D eigenvalue weighted by Crippen LogP contribution is -2.17. The molecule has 2 heterocycles. The molecule has 0 aliphatic carbocycles. The van der Waals surface area contributed by atoms with Crippen molar-refractivity contribution >= 4 is 5.91 Å². The average Bonchev–Trinajstić information content (AvgIpc) is 2.71. The molecule has 0 aromatic carbocycles. The smallest absolute Gasteiger partial charge is 0.269 e. The minimum atomic E-state index is -0.479. The van der Waals surface area contributed by atoms with E-state index in [1.54, 1.807) is 6.07 Å². The van der Waals surface area contributed by atoms with E-state index in [-0.39, 0.29) is 0 Å². The molecule has 0 saturated carbocycles. The van der Waals surface area contributed by atoms with Crippen LogP contribution in [0.15, 0.2) is 6.07 Å². The van der Waals surface area contributed by atoms with Crippen molar-refractivity contribution in [2.75, 3.05) is 13.6 Å². The first-order chi connectivity index (χ1) is 6.68. The summed E-state index contributed by atoms with van der Waals surface area (Å²) in [7, 11) is 2.07. The SMILES string of the molecule is CN1CCCC1c1cc(C(N)=O)n[nH]1. The zero-order chi connectivity index (χ0) is 10.1. The summed E-state index contributed by atoms with van der Waals surface area (Å²) in [5.74, 6) is -0.479. The van der Waals surface area contributed by atoms with Gasteiger partial charge in [-0.15, -0.1) is 0 Å². The standard InChI is InChI=1S/C9H14N4O/c1-13-4-2-3-8(13)6-5-7(9(10)14)12-11-6/h5,8H,2-4H2,1H3,(H2,10,14)(H,11,12). The minimum Gasteiger partial charge on any atom is -0.364 e. The van der Waals surface area contributed by atoms with Crippen LogP contribution in [0.2, 0.25) is 0 Å². The summed E-state index contributed by atoms with van der Waals surface area (Å²) in [6.07, 6.45) is 2.29. The van der Waals surface area contributed by atoms with Crippen LogP contribution in [0.5, 0.6) is 0 Å². The highest BCUT2D eigenvalue weighted by Gasteiger charge is 2.24. The Labute approximate surface area is 82.3 Å². The molecule has 3 N–H and O–H groups in total. The lowest BCUT2D eigenvalue weighted by atomic mass is 10.1. The second-order valence-electron chi connectivity index (χ2n) is 3.71. The van der Waals surface area contributed by atoms with Gasteiger partial charge in [0.05, 0.1) is 11.7 Å². The normalized spacial score (nSPS) is 22.8. The molecular formula is C9H14N4O. The number of aromatic nitrogens is 2. The average molecular weight is 194 g/mol. The summed E-state index contributed by atoms with van der Waals surface area (Å²) in [5.41, 5.74) is 6.43. The monoisotopic (exact) mass is 194 g/mol. The molecule has 5 heteroatoms. The topological polar surface area (TPSA) is 75.0 Å². The first-order valence-corrected chi connectivity index (χ1v) is 4.74. The molecule has 0 spiro atoms. The maximum Gasteiger partial charge on any atom is 0.269 e. The summed E-state index contributed by atoms with van der Waals surface area (Å²) in [4.78, 5) is 13.1. The minimum absolute atomic E-state index is 0.320. The number of H-pyrrole nitrogens is 1. The van der Waals surface area contributed by atoms with Crippen LogP contribution in [0.4, 0.5) is 0 Å². The highest BCUT2D eigenvalue weighted by atomic mass is 16.1. The third-order valence-corrected chi connectivity index (χ3v) is 2.73. The van der Waals surface area contributed by atoms with Crippen molar-refractivity contribution in [2.45, 2.75) is 18.9 Å². The summed E-state index contributed by atoms with van der Waals surface area (Å²) >= 11 is 0. The molecule has 1 amide bonds. The Morgan fingerprint density at radius 2 is 2.57 bits per heavy atom. The number of hydrogen-bond acceptors (Lipinski definition) is 3. The number of nitrogens with one attached hydrogen (secondary N) is 1. The second-order valence-corrected chi connectivity index (χ2v) is 3.71. The van der Waals surface area contributed by atoms with Crippen LogP contribution in [-0.4, -0.2) is 34.6 Å². The van der Waals surface area contributed by atoms with E-state index in [0.717, 1.165) is 18.7 Å². The number of hydrogen-bond donors (Lipinski definition) is 2. The number of amides is 1. The summed E-state index contributed by atoms with van der Waals surface area (Å²) < 4.78 is 0. The van der Waals surface area contributed by atoms with E-state index in [0.29, 0.717) is 11.7 Å². The number of carbonyl (C=O) groups excluding carboxylic acids is 1. The van der Waals surface area contributed by atoms with E-state index in [9.17, 15) is 4.79 Å². The molecule has 1 aliphatic heterocycles. The fourth-order valence-corrected chi connectivity index (χ4v) is 1.94. The number of rotatable bonds is 2. The van der Waals surface area contributed by atoms with Crippen LogP contribution in [-0.2, 0) is 0 Å². The molecule has 1 aliphatic rings. The Balaban J connectivity index is 2.20. The summed E-state index contributed by atoms with van der Waals surface area (Å²) in [6, 6.07) is 2.10. The van der Waals surface area contributed by atoms with Gasteiger partial charge in [0.2, 0.25) is 0 Å². The lowest BCUT2D eigenvalue weighted by molar-refractivity contribution is 0.0995. The second kappa shape index (κ2) is 3.42. The van der Waals surface area contributed by atoms with Gasteiger partial charge in [-0.05, 0) is 32.5 Å². The predicted molar refractivity (Wildman–Crippen MR) is 51.7 cm³/mol. The molecule has 0 radical (unpaired) electrons. The Kier molecular flexibility index (Phi) is 2.25. The van der Waals surface area contributed by atoms with Gasteiger partial charge in [0.15, 0.2) is 0 Å². The molecule has 1 unspecified atom stereocenters. The van der Waals surface area contributed by atoms with Crippen molar-refractivity contribution in [3.8, 4) is 0 Å². The van der Waals surface area contributed by atoms with Crippen molar-refractivity contribution in [2.24, 2.45) is 5.73 Å². The number of nitrogens with zero attached hydrogens (tertiary/aromatic N) is 2. The highest BCUT2D eigenvalue weighted by molar-refractivity contribution is 5.90. The van der Waals surface area contributed by atoms with Crippen molar-refractivity contribution in [3.05, 3.63) is 17.5 Å². The zero-order valence-corrected chi connectivity index (χ0v) is 8.16. The first kappa shape index (κ1) is 9.21. The van der Waals surface area contributed by atoms with Gasteiger partial charge in [-0.2, -0.15) is 5.10 Å². The molecular weight excluding hydrogens is 180 g/mol. The van der Waals surface area contributed by atoms with E-state index < -0.39 is 5.91 Å². The molecule has 1 aromatic rings. The summed E-state index contributed by atoms with van der Waals surface area (Å²) in [5, 5.41) is 6.74.